The molecule has 5 rings (SSSR count). The molecule has 2 aromatic heterocycles. The summed E-state index contributed by atoms with van der Waals surface area (Å²) in [5.74, 6) is -0.0834. The Morgan fingerprint density at radius 3 is 2.62 bits per heavy atom. The number of pyridine rings is 1. The van der Waals surface area contributed by atoms with Crippen molar-refractivity contribution in [1.82, 2.24) is 35.1 Å². The van der Waals surface area contributed by atoms with Gasteiger partial charge in [0.1, 0.15) is 17.3 Å². The first-order valence-corrected chi connectivity index (χ1v) is 10.9. The molecule has 0 amide bonds. The van der Waals surface area contributed by atoms with Crippen LogP contribution >= 0.6 is 0 Å². The average molecular weight is 441 g/mol. The number of anilines is 1. The first-order valence-electron chi connectivity index (χ1n) is 10.9. The molecule has 2 aromatic rings. The van der Waals surface area contributed by atoms with E-state index in [4.69, 9.17) is 5.73 Å². The number of aromatic nitrogens is 4. The standard InChI is InChI=1S/C21H29FN10/c1-13-19(22)15(14-4-5-14)10-17(25-13)21(23)24-11-16(32-8-6-30(2)7-9-32)20(27-21)26-18-12-31(3)29-28-18/h10-12,14,26-27H,4-9,23H2,1-3H3. The van der Waals surface area contributed by atoms with Crippen LogP contribution in [0.25, 0.3) is 0 Å². The van der Waals surface area contributed by atoms with Gasteiger partial charge in [-0.15, -0.1) is 5.10 Å². The summed E-state index contributed by atoms with van der Waals surface area (Å²) in [4.78, 5) is 13.7. The number of nitrogens with two attached hydrogens (primary N) is 1. The van der Waals surface area contributed by atoms with E-state index < -0.39 is 5.79 Å². The number of halogens is 1. The van der Waals surface area contributed by atoms with Crippen molar-refractivity contribution in [2.45, 2.75) is 31.5 Å². The van der Waals surface area contributed by atoms with E-state index in [-0.39, 0.29) is 11.7 Å². The molecule has 0 bridgehead atoms. The molecule has 32 heavy (non-hydrogen) atoms. The maximum atomic E-state index is 14.7. The fraction of sp³-hybridized carbons (Fsp3) is 0.524. The molecule has 3 aliphatic rings. The zero-order valence-electron chi connectivity index (χ0n) is 18.6. The zero-order valence-corrected chi connectivity index (χ0v) is 18.6. The summed E-state index contributed by atoms with van der Waals surface area (Å²) in [5, 5.41) is 14.8. The fourth-order valence-electron chi connectivity index (χ4n) is 4.13. The van der Waals surface area contributed by atoms with Gasteiger partial charge in [0.2, 0.25) is 5.79 Å². The topological polar surface area (TPSA) is 113 Å². The SMILES string of the molecule is Cc1nc(C2(N)N=CC(N3CCN(C)CC3)=C(Nc3cn(C)nn3)N2)cc(C2CC2)c1F. The summed E-state index contributed by atoms with van der Waals surface area (Å²) in [6.45, 7) is 5.30. The van der Waals surface area contributed by atoms with Gasteiger partial charge in [0.25, 0.3) is 0 Å². The molecule has 1 saturated carbocycles. The third-order valence-electron chi connectivity index (χ3n) is 6.22. The molecule has 4 heterocycles. The largest absolute Gasteiger partial charge is 0.365 e. The molecule has 0 spiro atoms. The van der Waals surface area contributed by atoms with Crippen LogP contribution < -0.4 is 16.4 Å². The van der Waals surface area contributed by atoms with Crippen LogP contribution in [-0.4, -0.2) is 69.2 Å². The van der Waals surface area contributed by atoms with Crippen LogP contribution in [0.15, 0.2) is 28.8 Å². The first-order chi connectivity index (χ1) is 15.3. The Balaban J connectivity index is 1.50. The Morgan fingerprint density at radius 2 is 1.97 bits per heavy atom. The number of rotatable bonds is 5. The fourth-order valence-corrected chi connectivity index (χ4v) is 4.13. The minimum Gasteiger partial charge on any atom is -0.365 e. The Hall–Kier alpha value is -3.05. The number of aliphatic imine (C=N–C) groups is 1. The highest BCUT2D eigenvalue weighted by molar-refractivity contribution is 5.81. The highest BCUT2D eigenvalue weighted by Gasteiger charge is 2.37. The number of aryl methyl sites for hydroxylation is 2. The van der Waals surface area contributed by atoms with Crippen molar-refractivity contribution < 1.29 is 4.39 Å². The van der Waals surface area contributed by atoms with Crippen molar-refractivity contribution in [3.8, 4) is 0 Å². The highest BCUT2D eigenvalue weighted by Crippen LogP contribution is 2.42. The van der Waals surface area contributed by atoms with Crippen LogP contribution in [0.1, 0.15) is 35.7 Å². The Morgan fingerprint density at radius 1 is 1.22 bits per heavy atom. The van der Waals surface area contributed by atoms with E-state index in [0.717, 1.165) is 44.7 Å². The normalized spacial score (nSPS) is 24.1. The highest BCUT2D eigenvalue weighted by atomic mass is 19.1. The maximum absolute atomic E-state index is 14.7. The van der Waals surface area contributed by atoms with Crippen molar-refractivity contribution in [3.05, 3.63) is 46.5 Å². The van der Waals surface area contributed by atoms with Crippen LogP contribution in [0.2, 0.25) is 0 Å². The lowest BCUT2D eigenvalue weighted by Crippen LogP contribution is -2.55. The summed E-state index contributed by atoms with van der Waals surface area (Å²) in [7, 11) is 3.92. The van der Waals surface area contributed by atoms with Crippen molar-refractivity contribution in [2.24, 2.45) is 17.8 Å². The predicted molar refractivity (Wildman–Crippen MR) is 119 cm³/mol. The third-order valence-corrected chi connectivity index (χ3v) is 6.22. The molecular formula is C21H29FN10. The minimum absolute atomic E-state index is 0.236. The van der Waals surface area contributed by atoms with Crippen molar-refractivity contribution in [3.63, 3.8) is 0 Å². The molecule has 1 atom stereocenters. The lowest BCUT2D eigenvalue weighted by molar-refractivity contribution is 0.189. The molecule has 2 aliphatic heterocycles. The zero-order chi connectivity index (χ0) is 22.5. The Labute approximate surface area is 186 Å². The van der Waals surface area contributed by atoms with Gasteiger partial charge < -0.3 is 20.4 Å². The van der Waals surface area contributed by atoms with E-state index in [0.29, 0.717) is 28.6 Å². The number of nitrogens with zero attached hydrogens (tertiary/aromatic N) is 7. The smallest absolute Gasteiger partial charge is 0.227 e. The quantitative estimate of drug-likeness (QED) is 0.626. The molecule has 0 radical (unpaired) electrons. The monoisotopic (exact) mass is 440 g/mol. The van der Waals surface area contributed by atoms with E-state index in [2.05, 4.69) is 47.8 Å². The van der Waals surface area contributed by atoms with Gasteiger partial charge in [0.05, 0.1) is 23.8 Å². The summed E-state index contributed by atoms with van der Waals surface area (Å²) in [6.07, 6.45) is 5.53. The van der Waals surface area contributed by atoms with Crippen LogP contribution in [-0.2, 0) is 12.8 Å². The molecule has 4 N–H and O–H groups in total. The van der Waals surface area contributed by atoms with E-state index in [9.17, 15) is 4.39 Å². The van der Waals surface area contributed by atoms with Crippen LogP contribution in [0.4, 0.5) is 10.2 Å². The molecule has 2 fully saturated rings. The Bertz CT molecular complexity index is 1080. The van der Waals surface area contributed by atoms with Gasteiger partial charge in [-0.3, -0.25) is 10.4 Å². The van der Waals surface area contributed by atoms with Gasteiger partial charge in [0.15, 0.2) is 5.82 Å². The second kappa shape index (κ2) is 7.82. The molecule has 0 aromatic carbocycles. The lowest BCUT2D eigenvalue weighted by Gasteiger charge is -2.39. The van der Waals surface area contributed by atoms with Gasteiger partial charge in [-0.1, -0.05) is 5.21 Å². The summed E-state index contributed by atoms with van der Waals surface area (Å²) in [6, 6.07) is 1.76. The second-order valence-corrected chi connectivity index (χ2v) is 8.87. The van der Waals surface area contributed by atoms with Crippen molar-refractivity contribution in [2.75, 3.05) is 38.5 Å². The molecular weight excluding hydrogens is 411 g/mol. The molecule has 1 aliphatic carbocycles. The van der Waals surface area contributed by atoms with Gasteiger partial charge in [-0.25, -0.2) is 14.4 Å². The third kappa shape index (κ3) is 3.93. The van der Waals surface area contributed by atoms with Crippen molar-refractivity contribution in [1.29, 1.82) is 0 Å². The Kier molecular flexibility index (Phi) is 5.09. The maximum Gasteiger partial charge on any atom is 0.227 e. The molecule has 11 heteroatoms. The first kappa shape index (κ1) is 20.8. The van der Waals surface area contributed by atoms with E-state index in [1.54, 1.807) is 30.1 Å². The van der Waals surface area contributed by atoms with E-state index in [1.807, 2.05) is 7.05 Å². The van der Waals surface area contributed by atoms with Crippen molar-refractivity contribution >= 4 is 12.0 Å². The summed E-state index contributed by atoms with van der Waals surface area (Å²) >= 11 is 0. The number of likely N-dealkylation sites (N-methyl/N-ethyl adjacent to an activating group) is 1. The van der Waals surface area contributed by atoms with E-state index >= 15 is 0 Å². The molecule has 1 saturated heterocycles. The van der Waals surface area contributed by atoms with Crippen LogP contribution in [0.5, 0.6) is 0 Å². The number of allylic oxidation sites excluding steroid dienone is 1. The molecule has 170 valence electrons. The average Bonchev–Trinajstić information content (AvgIpc) is 3.53. The molecule has 10 nitrogen and oxygen atoms in total. The van der Waals surface area contributed by atoms with Crippen LogP contribution in [0, 0.1) is 12.7 Å². The molecule has 1 unspecified atom stereocenters. The second-order valence-electron chi connectivity index (χ2n) is 8.87. The van der Waals surface area contributed by atoms with Gasteiger partial charge in [0, 0.05) is 33.2 Å². The van der Waals surface area contributed by atoms with Gasteiger partial charge in [-0.05, 0) is 44.4 Å². The predicted octanol–water partition coefficient (Wildman–Crippen LogP) is 0.807. The van der Waals surface area contributed by atoms with Gasteiger partial charge >= 0.3 is 0 Å². The van der Waals surface area contributed by atoms with Gasteiger partial charge in [-0.2, -0.15) is 0 Å². The summed E-state index contributed by atoms with van der Waals surface area (Å²) < 4.78 is 16.3. The number of hydrogen-bond donors (Lipinski definition) is 3. The number of nitrogens with one attached hydrogen (secondary N) is 2. The minimum atomic E-state index is -1.33. The number of piperazine rings is 1. The lowest BCUT2D eigenvalue weighted by atomic mass is 10.1. The summed E-state index contributed by atoms with van der Waals surface area (Å²) in [5.41, 5.74) is 9.11. The van der Waals surface area contributed by atoms with Crippen LogP contribution in [0.3, 0.4) is 0 Å². The number of hydrogen-bond acceptors (Lipinski definition) is 9. The van der Waals surface area contributed by atoms with E-state index in [1.165, 1.54) is 0 Å².